The fourth-order valence-electron chi connectivity index (χ4n) is 3.48. The molecule has 0 heterocycles. The number of rotatable bonds is 6. The predicted octanol–water partition coefficient (Wildman–Crippen LogP) is 2.55. The summed E-state index contributed by atoms with van der Waals surface area (Å²) in [6.07, 6.45) is 0.868. The average molecular weight is 419 g/mol. The summed E-state index contributed by atoms with van der Waals surface area (Å²) in [6, 6.07) is 12.9. The van der Waals surface area contributed by atoms with Crippen molar-refractivity contribution in [2.24, 2.45) is 31.7 Å². The van der Waals surface area contributed by atoms with E-state index in [1.165, 1.54) is 22.3 Å². The molecule has 0 saturated heterocycles. The lowest BCUT2D eigenvalue weighted by molar-refractivity contribution is 0.973. The van der Waals surface area contributed by atoms with Crippen LogP contribution in [0.3, 0.4) is 0 Å². The molecule has 0 atom stereocenters. The third kappa shape index (κ3) is 5.28. The van der Waals surface area contributed by atoms with E-state index in [1.807, 2.05) is 27.7 Å². The molecule has 0 aromatic heterocycles. The van der Waals surface area contributed by atoms with Gasteiger partial charge in [0, 0.05) is 13.1 Å². The van der Waals surface area contributed by atoms with Gasteiger partial charge in [-0.1, -0.05) is 24.3 Å². The van der Waals surface area contributed by atoms with Gasteiger partial charge >= 0.3 is 0 Å². The van der Waals surface area contributed by atoms with Crippen molar-refractivity contribution in [3.63, 3.8) is 0 Å². The summed E-state index contributed by atoms with van der Waals surface area (Å²) in [5.74, 6) is 0.634. The molecule has 0 aliphatic heterocycles. The smallest absolute Gasteiger partial charge is 0.209 e. The first kappa shape index (κ1) is 22.0. The summed E-state index contributed by atoms with van der Waals surface area (Å²) in [5.41, 5.74) is 26.0. The Balaban J connectivity index is 1.79. The fraction of sp³-hybridized carbons (Fsp3) is 0.304. The number of guanidine groups is 2. The van der Waals surface area contributed by atoms with Crippen LogP contribution >= 0.6 is 0 Å². The minimum atomic E-state index is 0.317. The second-order valence-corrected chi connectivity index (χ2v) is 7.26. The molecule has 0 spiro atoms. The lowest BCUT2D eigenvalue weighted by Gasteiger charge is -2.07. The normalized spacial score (nSPS) is 14.3. The maximum atomic E-state index is 5.75. The Morgan fingerprint density at radius 1 is 0.774 bits per heavy atom. The van der Waals surface area contributed by atoms with Crippen LogP contribution in [0.5, 0.6) is 0 Å². The van der Waals surface area contributed by atoms with Crippen molar-refractivity contribution < 1.29 is 0 Å². The van der Waals surface area contributed by atoms with Gasteiger partial charge in [0.05, 0.1) is 11.4 Å². The SMILES string of the molecule is CCN=C(N)N/N=C(/C)c1ccc2c(c1)Cc1cc(/C(C)=N/NC(N)=NCC)ccc1-2. The molecule has 8 heteroatoms. The van der Waals surface area contributed by atoms with Crippen molar-refractivity contribution in [2.75, 3.05) is 13.1 Å². The van der Waals surface area contributed by atoms with E-state index in [2.05, 4.69) is 67.4 Å². The third-order valence-electron chi connectivity index (χ3n) is 5.05. The van der Waals surface area contributed by atoms with Crippen LogP contribution in [-0.4, -0.2) is 36.4 Å². The molecule has 0 unspecified atom stereocenters. The minimum Gasteiger partial charge on any atom is -0.369 e. The first-order valence-electron chi connectivity index (χ1n) is 10.4. The number of hydrogen-bond acceptors (Lipinski definition) is 4. The quantitative estimate of drug-likeness (QED) is 0.279. The van der Waals surface area contributed by atoms with Crippen LogP contribution in [0.2, 0.25) is 0 Å². The zero-order valence-electron chi connectivity index (χ0n) is 18.5. The van der Waals surface area contributed by atoms with Gasteiger partial charge in [-0.05, 0) is 79.6 Å². The first-order chi connectivity index (χ1) is 14.9. The molecule has 162 valence electrons. The number of benzene rings is 2. The molecule has 2 aromatic carbocycles. The Kier molecular flexibility index (Phi) is 7.02. The summed E-state index contributed by atoms with van der Waals surface area (Å²) < 4.78 is 0. The molecular formula is C23H30N8. The second-order valence-electron chi connectivity index (χ2n) is 7.26. The summed E-state index contributed by atoms with van der Waals surface area (Å²) in [4.78, 5) is 8.16. The van der Waals surface area contributed by atoms with Crippen molar-refractivity contribution in [3.8, 4) is 11.1 Å². The van der Waals surface area contributed by atoms with Crippen LogP contribution in [0.15, 0.2) is 56.6 Å². The highest BCUT2D eigenvalue weighted by Crippen LogP contribution is 2.37. The number of nitrogens with zero attached hydrogens (tertiary/aromatic N) is 4. The maximum absolute atomic E-state index is 5.75. The molecule has 0 saturated carbocycles. The van der Waals surface area contributed by atoms with Crippen LogP contribution in [0.1, 0.15) is 49.9 Å². The highest BCUT2D eigenvalue weighted by atomic mass is 15.4. The van der Waals surface area contributed by atoms with Gasteiger partial charge in [0.2, 0.25) is 11.9 Å². The van der Waals surface area contributed by atoms with Gasteiger partial charge in [0.1, 0.15) is 0 Å². The van der Waals surface area contributed by atoms with E-state index in [0.717, 1.165) is 29.0 Å². The molecule has 0 fully saturated rings. The lowest BCUT2D eigenvalue weighted by atomic mass is 10.0. The predicted molar refractivity (Wildman–Crippen MR) is 130 cm³/mol. The van der Waals surface area contributed by atoms with Crippen LogP contribution in [0.25, 0.3) is 11.1 Å². The second kappa shape index (κ2) is 9.88. The lowest BCUT2D eigenvalue weighted by Crippen LogP contribution is -2.28. The number of nitrogens with one attached hydrogen (secondary N) is 2. The minimum absolute atomic E-state index is 0.317. The standard InChI is InChI=1S/C23H30N8/c1-5-26-22(24)30-28-14(3)16-7-9-20-18(11-16)13-19-12-17(8-10-21(19)20)15(4)29-31-23(25)27-6-2/h7-12H,5-6,13H2,1-4H3,(H3,24,26,30)(H3,25,27,31)/b28-14-,29-15+. The van der Waals surface area contributed by atoms with Gasteiger partial charge in [-0.25, -0.2) is 10.9 Å². The number of hydrogen-bond donors (Lipinski definition) is 4. The molecular weight excluding hydrogens is 388 g/mol. The number of nitrogens with two attached hydrogens (primary N) is 2. The van der Waals surface area contributed by atoms with E-state index < -0.39 is 0 Å². The molecule has 1 aliphatic rings. The maximum Gasteiger partial charge on any atom is 0.209 e. The molecule has 0 radical (unpaired) electrons. The summed E-state index contributed by atoms with van der Waals surface area (Å²) >= 11 is 0. The highest BCUT2D eigenvalue weighted by Gasteiger charge is 2.20. The Morgan fingerprint density at radius 3 is 1.58 bits per heavy atom. The van der Waals surface area contributed by atoms with Crippen LogP contribution in [-0.2, 0) is 6.42 Å². The van der Waals surface area contributed by atoms with Crippen LogP contribution in [0, 0.1) is 0 Å². The van der Waals surface area contributed by atoms with Gasteiger partial charge in [0.15, 0.2) is 0 Å². The van der Waals surface area contributed by atoms with Crippen molar-refractivity contribution in [1.29, 1.82) is 0 Å². The van der Waals surface area contributed by atoms with E-state index in [1.54, 1.807) is 0 Å². The van der Waals surface area contributed by atoms with E-state index >= 15 is 0 Å². The molecule has 8 nitrogen and oxygen atoms in total. The van der Waals surface area contributed by atoms with Crippen LogP contribution < -0.4 is 22.3 Å². The topological polar surface area (TPSA) is 126 Å². The van der Waals surface area contributed by atoms with Gasteiger partial charge < -0.3 is 11.5 Å². The van der Waals surface area contributed by atoms with Gasteiger partial charge in [0.25, 0.3) is 0 Å². The molecule has 6 N–H and O–H groups in total. The Hall–Kier alpha value is -3.68. The fourth-order valence-corrected chi connectivity index (χ4v) is 3.48. The third-order valence-corrected chi connectivity index (χ3v) is 5.05. The summed E-state index contributed by atoms with van der Waals surface area (Å²) in [7, 11) is 0. The van der Waals surface area contributed by atoms with Gasteiger partial charge in [-0.2, -0.15) is 10.2 Å². The monoisotopic (exact) mass is 418 g/mol. The zero-order chi connectivity index (χ0) is 22.4. The van der Waals surface area contributed by atoms with Crippen molar-refractivity contribution in [3.05, 3.63) is 58.7 Å². The highest BCUT2D eigenvalue weighted by molar-refractivity contribution is 6.02. The summed E-state index contributed by atoms with van der Waals surface area (Å²) in [5, 5.41) is 8.68. The zero-order valence-corrected chi connectivity index (χ0v) is 18.5. The number of aliphatic imine (C=N–C) groups is 2. The molecule has 0 bridgehead atoms. The molecule has 0 amide bonds. The van der Waals surface area contributed by atoms with Crippen molar-refractivity contribution >= 4 is 23.3 Å². The van der Waals surface area contributed by atoms with E-state index in [-0.39, 0.29) is 0 Å². The molecule has 2 aromatic rings. The number of fused-ring (bicyclic) bond motifs is 3. The van der Waals surface area contributed by atoms with E-state index in [4.69, 9.17) is 11.5 Å². The Labute approximate surface area is 183 Å². The Morgan fingerprint density at radius 2 is 1.19 bits per heavy atom. The molecule has 31 heavy (non-hydrogen) atoms. The van der Waals surface area contributed by atoms with Crippen molar-refractivity contribution in [2.45, 2.75) is 34.1 Å². The average Bonchev–Trinajstić information content (AvgIpc) is 3.13. The van der Waals surface area contributed by atoms with Gasteiger partial charge in [-0.3, -0.25) is 9.98 Å². The molecule has 1 aliphatic carbocycles. The largest absolute Gasteiger partial charge is 0.369 e. The van der Waals surface area contributed by atoms with Crippen molar-refractivity contribution in [1.82, 2.24) is 10.9 Å². The van der Waals surface area contributed by atoms with Crippen LogP contribution in [0.4, 0.5) is 0 Å². The van der Waals surface area contributed by atoms with E-state index in [9.17, 15) is 0 Å². The first-order valence-corrected chi connectivity index (χ1v) is 10.4. The summed E-state index contributed by atoms with van der Waals surface area (Å²) in [6.45, 7) is 8.99. The number of hydrazone groups is 2. The molecule has 3 rings (SSSR count). The Bertz CT molecular complexity index is 993. The van der Waals surface area contributed by atoms with Gasteiger partial charge in [-0.15, -0.1) is 0 Å². The van der Waals surface area contributed by atoms with E-state index in [0.29, 0.717) is 25.0 Å².